The molecule has 0 radical (unpaired) electrons. The zero-order valence-corrected chi connectivity index (χ0v) is 11.6. The zero-order chi connectivity index (χ0) is 13.8. The van der Waals surface area contributed by atoms with Crippen LogP contribution in [-0.4, -0.2) is 41.7 Å². The van der Waals surface area contributed by atoms with Crippen molar-refractivity contribution < 1.29 is 14.6 Å². The van der Waals surface area contributed by atoms with Crippen LogP contribution in [0.1, 0.15) is 24.0 Å². The second-order valence-electron chi connectivity index (χ2n) is 5.12. The molecule has 1 fully saturated rings. The molecular formula is C15H21NO3. The van der Waals surface area contributed by atoms with Crippen molar-refractivity contribution in [1.29, 1.82) is 0 Å². The maximum Gasteiger partial charge on any atom is 0.260 e. The minimum absolute atomic E-state index is 0.0327. The predicted octanol–water partition coefficient (Wildman–Crippen LogP) is 1.67. The van der Waals surface area contributed by atoms with E-state index >= 15 is 0 Å². The number of aliphatic hydroxyl groups excluding tert-OH is 1. The minimum Gasteiger partial charge on any atom is -0.483 e. The number of likely N-dealkylation sites (tertiary alicyclic amines) is 1. The molecule has 4 nitrogen and oxygen atoms in total. The highest BCUT2D eigenvalue weighted by atomic mass is 16.5. The Morgan fingerprint density at radius 1 is 1.47 bits per heavy atom. The first kappa shape index (κ1) is 13.9. The molecule has 4 heteroatoms. The van der Waals surface area contributed by atoms with Crippen LogP contribution in [0.5, 0.6) is 5.75 Å². The van der Waals surface area contributed by atoms with E-state index in [1.807, 2.05) is 32.0 Å². The molecule has 0 spiro atoms. The zero-order valence-electron chi connectivity index (χ0n) is 11.6. The molecule has 0 unspecified atom stereocenters. The lowest BCUT2D eigenvalue weighted by molar-refractivity contribution is -0.134. The van der Waals surface area contributed by atoms with Gasteiger partial charge in [0.1, 0.15) is 5.75 Å². The van der Waals surface area contributed by atoms with E-state index in [0.29, 0.717) is 0 Å². The molecule has 0 aliphatic carbocycles. The Labute approximate surface area is 114 Å². The molecule has 104 valence electrons. The van der Waals surface area contributed by atoms with E-state index in [4.69, 9.17) is 4.74 Å². The third-order valence-corrected chi connectivity index (χ3v) is 3.60. The number of ether oxygens (including phenoxy) is 1. The standard InChI is InChI=1S/C15H21NO3/c1-11-5-6-12(2)14(8-11)19-10-15(18)16-7-3-4-13(16)9-17/h5-6,8,13,17H,3-4,7,9-10H2,1-2H3/t13-/m1/s1. The number of aliphatic hydroxyl groups is 1. The van der Waals surface area contributed by atoms with Crippen molar-refractivity contribution in [2.75, 3.05) is 19.8 Å². The van der Waals surface area contributed by atoms with Crippen LogP contribution in [0.3, 0.4) is 0 Å². The minimum atomic E-state index is -0.0440. The molecule has 1 atom stereocenters. The molecule has 1 aliphatic rings. The number of amides is 1. The molecule has 19 heavy (non-hydrogen) atoms. The first-order chi connectivity index (χ1) is 9.11. The fourth-order valence-electron chi connectivity index (χ4n) is 2.44. The summed E-state index contributed by atoms with van der Waals surface area (Å²) in [5, 5.41) is 9.22. The predicted molar refractivity (Wildman–Crippen MR) is 73.2 cm³/mol. The van der Waals surface area contributed by atoms with Crippen molar-refractivity contribution in [3.8, 4) is 5.75 Å². The number of rotatable bonds is 4. The smallest absolute Gasteiger partial charge is 0.260 e. The summed E-state index contributed by atoms with van der Waals surface area (Å²) in [7, 11) is 0. The van der Waals surface area contributed by atoms with Crippen molar-refractivity contribution in [1.82, 2.24) is 4.90 Å². The maximum atomic E-state index is 12.1. The van der Waals surface area contributed by atoms with Gasteiger partial charge in [-0.15, -0.1) is 0 Å². The summed E-state index contributed by atoms with van der Waals surface area (Å²) >= 11 is 0. The highest BCUT2D eigenvalue weighted by Crippen LogP contribution is 2.20. The lowest BCUT2D eigenvalue weighted by atomic mass is 10.1. The Balaban J connectivity index is 1.95. The Morgan fingerprint density at radius 3 is 3.00 bits per heavy atom. The summed E-state index contributed by atoms with van der Waals surface area (Å²) in [6.45, 7) is 4.76. The molecule has 0 aromatic heterocycles. The molecule has 1 aliphatic heterocycles. The van der Waals surface area contributed by atoms with Gasteiger partial charge in [0.05, 0.1) is 12.6 Å². The second kappa shape index (κ2) is 6.06. The van der Waals surface area contributed by atoms with Crippen LogP contribution in [0.25, 0.3) is 0 Å². The molecule has 1 amide bonds. The number of hydrogen-bond donors (Lipinski definition) is 1. The first-order valence-corrected chi connectivity index (χ1v) is 6.72. The molecule has 1 aromatic rings. The van der Waals surface area contributed by atoms with E-state index in [1.165, 1.54) is 0 Å². The fraction of sp³-hybridized carbons (Fsp3) is 0.533. The second-order valence-corrected chi connectivity index (χ2v) is 5.12. The van der Waals surface area contributed by atoms with Crippen LogP contribution in [0.2, 0.25) is 0 Å². The van der Waals surface area contributed by atoms with Crippen LogP contribution in [-0.2, 0) is 4.79 Å². The highest BCUT2D eigenvalue weighted by molar-refractivity contribution is 5.78. The van der Waals surface area contributed by atoms with Gasteiger partial charge in [0.2, 0.25) is 0 Å². The lowest BCUT2D eigenvalue weighted by Gasteiger charge is -2.23. The lowest BCUT2D eigenvalue weighted by Crippen LogP contribution is -2.40. The van der Waals surface area contributed by atoms with E-state index in [2.05, 4.69) is 0 Å². The summed E-state index contributed by atoms with van der Waals surface area (Å²) in [4.78, 5) is 13.8. The van der Waals surface area contributed by atoms with Crippen molar-refractivity contribution in [2.24, 2.45) is 0 Å². The molecule has 1 aromatic carbocycles. The number of benzene rings is 1. The van der Waals surface area contributed by atoms with Gasteiger partial charge in [0.15, 0.2) is 6.61 Å². The molecule has 1 heterocycles. The third-order valence-electron chi connectivity index (χ3n) is 3.60. The SMILES string of the molecule is Cc1ccc(C)c(OCC(=O)N2CCC[C@@H]2CO)c1. The third kappa shape index (κ3) is 3.26. The summed E-state index contributed by atoms with van der Waals surface area (Å²) in [6.07, 6.45) is 1.84. The summed E-state index contributed by atoms with van der Waals surface area (Å²) in [5.41, 5.74) is 2.14. The van der Waals surface area contributed by atoms with Gasteiger partial charge in [-0.1, -0.05) is 12.1 Å². The molecule has 0 bridgehead atoms. The van der Waals surface area contributed by atoms with E-state index in [1.54, 1.807) is 4.90 Å². The van der Waals surface area contributed by atoms with E-state index in [-0.39, 0.29) is 25.2 Å². The average molecular weight is 263 g/mol. The largest absolute Gasteiger partial charge is 0.483 e. The Morgan fingerprint density at radius 2 is 2.26 bits per heavy atom. The van der Waals surface area contributed by atoms with Crippen LogP contribution >= 0.6 is 0 Å². The molecule has 1 saturated heterocycles. The number of carbonyl (C=O) groups excluding carboxylic acids is 1. The van der Waals surface area contributed by atoms with Crippen molar-refractivity contribution >= 4 is 5.91 Å². The summed E-state index contributed by atoms with van der Waals surface area (Å²) in [6, 6.07) is 5.92. The Kier molecular flexibility index (Phi) is 4.43. The van der Waals surface area contributed by atoms with Gasteiger partial charge in [-0.3, -0.25) is 4.79 Å². The summed E-state index contributed by atoms with van der Waals surface area (Å²) in [5.74, 6) is 0.713. The molecule has 1 N–H and O–H groups in total. The monoisotopic (exact) mass is 263 g/mol. The highest BCUT2D eigenvalue weighted by Gasteiger charge is 2.28. The number of aryl methyl sites for hydroxylation is 2. The number of nitrogens with zero attached hydrogens (tertiary/aromatic N) is 1. The van der Waals surface area contributed by atoms with E-state index < -0.39 is 0 Å². The first-order valence-electron chi connectivity index (χ1n) is 6.72. The van der Waals surface area contributed by atoms with Crippen LogP contribution in [0, 0.1) is 13.8 Å². The maximum absolute atomic E-state index is 12.1. The Bertz CT molecular complexity index is 459. The van der Waals surface area contributed by atoms with E-state index in [9.17, 15) is 9.90 Å². The van der Waals surface area contributed by atoms with Gasteiger partial charge >= 0.3 is 0 Å². The normalized spacial score (nSPS) is 18.7. The van der Waals surface area contributed by atoms with Gasteiger partial charge in [-0.05, 0) is 43.9 Å². The van der Waals surface area contributed by atoms with Crippen molar-refractivity contribution in [3.05, 3.63) is 29.3 Å². The Hall–Kier alpha value is -1.55. The molecule has 2 rings (SSSR count). The summed E-state index contributed by atoms with van der Waals surface area (Å²) < 4.78 is 5.61. The van der Waals surface area contributed by atoms with Crippen molar-refractivity contribution in [3.63, 3.8) is 0 Å². The van der Waals surface area contributed by atoms with Gasteiger partial charge in [0.25, 0.3) is 5.91 Å². The van der Waals surface area contributed by atoms with Gasteiger partial charge in [-0.25, -0.2) is 0 Å². The van der Waals surface area contributed by atoms with Crippen molar-refractivity contribution in [2.45, 2.75) is 32.7 Å². The fourth-order valence-corrected chi connectivity index (χ4v) is 2.44. The quantitative estimate of drug-likeness (QED) is 0.899. The van der Waals surface area contributed by atoms with Gasteiger partial charge in [0, 0.05) is 6.54 Å². The van der Waals surface area contributed by atoms with Gasteiger partial charge < -0.3 is 14.7 Å². The van der Waals surface area contributed by atoms with Crippen LogP contribution < -0.4 is 4.74 Å². The van der Waals surface area contributed by atoms with E-state index in [0.717, 1.165) is 36.3 Å². The number of hydrogen-bond acceptors (Lipinski definition) is 3. The van der Waals surface area contributed by atoms with Gasteiger partial charge in [-0.2, -0.15) is 0 Å². The topological polar surface area (TPSA) is 49.8 Å². The molecule has 0 saturated carbocycles. The average Bonchev–Trinajstić information content (AvgIpc) is 2.88. The van der Waals surface area contributed by atoms with Crippen LogP contribution in [0.4, 0.5) is 0 Å². The molecular weight excluding hydrogens is 242 g/mol. The number of carbonyl (C=O) groups is 1. The van der Waals surface area contributed by atoms with Crippen LogP contribution in [0.15, 0.2) is 18.2 Å².